The lowest BCUT2D eigenvalue weighted by Gasteiger charge is -2.07. The highest BCUT2D eigenvalue weighted by molar-refractivity contribution is 7.98. The molecule has 0 bridgehead atoms. The Bertz CT molecular complexity index is 572. The second-order valence-corrected chi connectivity index (χ2v) is 5.98. The van der Waals surface area contributed by atoms with E-state index in [0.717, 1.165) is 16.2 Å². The predicted molar refractivity (Wildman–Crippen MR) is 81.9 cm³/mol. The maximum Gasteiger partial charge on any atom is 0.0543 e. The average Bonchev–Trinajstić information content (AvgIpc) is 2.32. The zero-order chi connectivity index (χ0) is 13.1. The van der Waals surface area contributed by atoms with Gasteiger partial charge in [0.2, 0.25) is 0 Å². The van der Waals surface area contributed by atoms with Crippen molar-refractivity contribution in [2.24, 2.45) is 0 Å². The smallest absolute Gasteiger partial charge is 0.0543 e. The molecule has 0 aromatic heterocycles. The Balaban J connectivity index is 2.13. The summed E-state index contributed by atoms with van der Waals surface area (Å²) in [6.07, 6.45) is 0. The van der Waals surface area contributed by atoms with Crippen molar-refractivity contribution in [1.82, 2.24) is 0 Å². The van der Waals surface area contributed by atoms with Gasteiger partial charge in [0.1, 0.15) is 0 Å². The first kappa shape index (κ1) is 13.9. The highest BCUT2D eigenvalue weighted by atomic mass is 35.5. The molecule has 0 atom stereocenters. The maximum atomic E-state index is 6.11. The van der Waals surface area contributed by atoms with Gasteiger partial charge in [0.05, 0.1) is 5.02 Å². The molecule has 2 rings (SSSR count). The number of rotatable bonds is 3. The first-order valence-electron chi connectivity index (χ1n) is 5.18. The van der Waals surface area contributed by atoms with Crippen LogP contribution in [0.15, 0.2) is 41.3 Å². The summed E-state index contributed by atoms with van der Waals surface area (Å²) in [5.74, 6) is 0.721. The van der Waals surface area contributed by atoms with E-state index in [1.165, 1.54) is 0 Å². The summed E-state index contributed by atoms with van der Waals surface area (Å²) in [7, 11) is 0. The molecule has 0 unspecified atom stereocenters. The molecule has 1 nitrogen and oxygen atoms in total. The van der Waals surface area contributed by atoms with Crippen molar-refractivity contribution >= 4 is 52.3 Å². The van der Waals surface area contributed by atoms with Crippen molar-refractivity contribution < 1.29 is 0 Å². The van der Waals surface area contributed by atoms with E-state index in [4.69, 9.17) is 40.5 Å². The van der Waals surface area contributed by atoms with E-state index in [2.05, 4.69) is 0 Å². The van der Waals surface area contributed by atoms with Crippen LogP contribution in [-0.2, 0) is 5.75 Å². The molecule has 18 heavy (non-hydrogen) atoms. The Morgan fingerprint density at radius 2 is 1.72 bits per heavy atom. The maximum absolute atomic E-state index is 6.11. The number of nitrogen functional groups attached to an aromatic ring is 1. The minimum absolute atomic E-state index is 0.662. The first-order valence-corrected chi connectivity index (χ1v) is 7.30. The Kier molecular flexibility index (Phi) is 4.68. The summed E-state index contributed by atoms with van der Waals surface area (Å²) in [5, 5.41) is 2.03. The molecule has 0 heterocycles. The summed E-state index contributed by atoms with van der Waals surface area (Å²) in [6, 6.07) is 10.9. The van der Waals surface area contributed by atoms with Crippen molar-refractivity contribution in [2.45, 2.75) is 10.6 Å². The first-order chi connectivity index (χ1) is 8.56. The fourth-order valence-corrected chi connectivity index (χ4v) is 3.26. The van der Waals surface area contributed by atoms with Crippen LogP contribution in [0.4, 0.5) is 5.69 Å². The van der Waals surface area contributed by atoms with Gasteiger partial charge in [-0.1, -0.05) is 40.9 Å². The van der Waals surface area contributed by atoms with Gasteiger partial charge in [0.15, 0.2) is 0 Å². The summed E-state index contributed by atoms with van der Waals surface area (Å²) in [6.45, 7) is 0. The van der Waals surface area contributed by atoms with E-state index in [-0.39, 0.29) is 0 Å². The summed E-state index contributed by atoms with van der Waals surface area (Å²) >= 11 is 19.7. The highest BCUT2D eigenvalue weighted by Crippen LogP contribution is 2.33. The van der Waals surface area contributed by atoms with Crippen LogP contribution < -0.4 is 5.73 Å². The number of halogens is 3. The third kappa shape index (κ3) is 3.48. The van der Waals surface area contributed by atoms with Crippen LogP contribution in [-0.4, -0.2) is 0 Å². The molecule has 0 saturated heterocycles. The van der Waals surface area contributed by atoms with Crippen LogP contribution in [0.25, 0.3) is 0 Å². The molecule has 0 amide bonds. The number of hydrogen-bond donors (Lipinski definition) is 1. The zero-order valence-electron chi connectivity index (χ0n) is 9.29. The molecule has 0 aliphatic rings. The molecule has 5 heteroatoms. The van der Waals surface area contributed by atoms with Gasteiger partial charge < -0.3 is 5.73 Å². The Hall–Kier alpha value is -0.540. The van der Waals surface area contributed by atoms with Crippen LogP contribution in [0, 0.1) is 0 Å². The van der Waals surface area contributed by atoms with Crippen molar-refractivity contribution in [3.05, 3.63) is 57.0 Å². The zero-order valence-corrected chi connectivity index (χ0v) is 12.4. The van der Waals surface area contributed by atoms with E-state index in [9.17, 15) is 0 Å². The topological polar surface area (TPSA) is 26.0 Å². The van der Waals surface area contributed by atoms with Crippen molar-refractivity contribution in [3.63, 3.8) is 0 Å². The number of benzene rings is 2. The normalized spacial score (nSPS) is 10.6. The van der Waals surface area contributed by atoms with E-state index in [0.29, 0.717) is 20.8 Å². The Morgan fingerprint density at radius 1 is 0.944 bits per heavy atom. The van der Waals surface area contributed by atoms with Crippen molar-refractivity contribution in [2.75, 3.05) is 5.73 Å². The van der Waals surface area contributed by atoms with Crippen LogP contribution in [0.3, 0.4) is 0 Å². The Labute approximate surface area is 125 Å². The summed E-state index contributed by atoms with van der Waals surface area (Å²) in [4.78, 5) is 0.942. The minimum atomic E-state index is 0.662. The van der Waals surface area contributed by atoms with E-state index in [1.807, 2.05) is 18.2 Å². The highest BCUT2D eigenvalue weighted by Gasteiger charge is 2.05. The van der Waals surface area contributed by atoms with Crippen LogP contribution >= 0.6 is 46.6 Å². The molecule has 0 saturated carbocycles. The molecule has 0 aliphatic heterocycles. The molecule has 2 aromatic rings. The van der Waals surface area contributed by atoms with Crippen molar-refractivity contribution in [3.8, 4) is 0 Å². The summed E-state index contributed by atoms with van der Waals surface area (Å²) in [5.41, 5.74) is 7.33. The molecular weight excluding hydrogens is 309 g/mol. The average molecular weight is 319 g/mol. The number of nitrogens with two attached hydrogens (primary N) is 1. The molecule has 2 aromatic carbocycles. The quantitative estimate of drug-likeness (QED) is 0.595. The SMILES string of the molecule is Nc1ccc(CSc2cc(Cl)ccc2Cl)c(Cl)c1. The third-order valence-electron chi connectivity index (χ3n) is 2.35. The lowest BCUT2D eigenvalue weighted by molar-refractivity contribution is 1.38. The minimum Gasteiger partial charge on any atom is -0.399 e. The monoisotopic (exact) mass is 317 g/mol. The van der Waals surface area contributed by atoms with Gasteiger partial charge in [-0.3, -0.25) is 0 Å². The van der Waals surface area contributed by atoms with Gasteiger partial charge in [-0.2, -0.15) is 0 Å². The lowest BCUT2D eigenvalue weighted by Crippen LogP contribution is -1.88. The standard InChI is InChI=1S/C13H10Cl3NS/c14-9-2-4-11(15)13(5-9)18-7-8-1-3-10(17)6-12(8)16/h1-6H,7,17H2. The van der Waals surface area contributed by atoms with E-state index >= 15 is 0 Å². The summed E-state index contributed by atoms with van der Waals surface area (Å²) < 4.78 is 0. The fourth-order valence-electron chi connectivity index (χ4n) is 1.42. The number of hydrogen-bond acceptors (Lipinski definition) is 2. The van der Waals surface area contributed by atoms with Gasteiger partial charge in [-0.05, 0) is 35.9 Å². The fraction of sp³-hybridized carbons (Fsp3) is 0.0769. The van der Waals surface area contributed by atoms with Gasteiger partial charge in [0, 0.05) is 26.4 Å². The second kappa shape index (κ2) is 6.07. The number of anilines is 1. The molecule has 0 fully saturated rings. The molecule has 2 N–H and O–H groups in total. The lowest BCUT2D eigenvalue weighted by atomic mass is 10.2. The van der Waals surface area contributed by atoms with Gasteiger partial charge in [-0.15, -0.1) is 11.8 Å². The van der Waals surface area contributed by atoms with Gasteiger partial charge >= 0.3 is 0 Å². The third-order valence-corrected chi connectivity index (χ3v) is 4.49. The van der Waals surface area contributed by atoms with Gasteiger partial charge in [-0.25, -0.2) is 0 Å². The number of thioether (sulfide) groups is 1. The largest absolute Gasteiger partial charge is 0.399 e. The molecular formula is C13H10Cl3NS. The second-order valence-electron chi connectivity index (χ2n) is 3.71. The van der Waals surface area contributed by atoms with E-state index < -0.39 is 0 Å². The molecule has 0 radical (unpaired) electrons. The Morgan fingerprint density at radius 3 is 2.44 bits per heavy atom. The molecule has 0 spiro atoms. The van der Waals surface area contributed by atoms with Crippen molar-refractivity contribution in [1.29, 1.82) is 0 Å². The van der Waals surface area contributed by atoms with Crippen LogP contribution in [0.2, 0.25) is 15.1 Å². The predicted octanol–water partition coefficient (Wildman–Crippen LogP) is 5.52. The van der Waals surface area contributed by atoms with E-state index in [1.54, 1.807) is 30.0 Å². The molecule has 0 aliphatic carbocycles. The van der Waals surface area contributed by atoms with Crippen LogP contribution in [0.5, 0.6) is 0 Å². The van der Waals surface area contributed by atoms with Crippen LogP contribution in [0.1, 0.15) is 5.56 Å². The van der Waals surface area contributed by atoms with Gasteiger partial charge in [0.25, 0.3) is 0 Å². The molecule has 94 valence electrons.